The number of benzene rings is 2. The normalized spacial score (nSPS) is 14.9. The lowest BCUT2D eigenvalue weighted by Gasteiger charge is -2.29. The van der Waals surface area contributed by atoms with Crippen molar-refractivity contribution in [3.63, 3.8) is 0 Å². The van der Waals surface area contributed by atoms with Crippen molar-refractivity contribution in [2.24, 2.45) is 5.10 Å². The lowest BCUT2D eigenvalue weighted by Crippen LogP contribution is -2.33. The van der Waals surface area contributed by atoms with E-state index in [2.05, 4.69) is 39.7 Å². The largest absolute Gasteiger partial charge is 0.488 e. The van der Waals surface area contributed by atoms with Crippen LogP contribution in [-0.4, -0.2) is 34.1 Å². The third kappa shape index (κ3) is 7.99. The summed E-state index contributed by atoms with van der Waals surface area (Å²) >= 11 is 5.98. The Balaban J connectivity index is 2.10. The van der Waals surface area contributed by atoms with Crippen LogP contribution >= 0.6 is 6.85 Å². The van der Waals surface area contributed by atoms with Gasteiger partial charge in [0.05, 0.1) is 19.4 Å². The van der Waals surface area contributed by atoms with Crippen molar-refractivity contribution in [2.75, 3.05) is 7.05 Å². The maximum atomic E-state index is 9.77. The fourth-order valence-corrected chi connectivity index (χ4v) is 6.34. The highest BCUT2D eigenvalue weighted by atomic mass is 32.4. The van der Waals surface area contributed by atoms with Gasteiger partial charge in [0.1, 0.15) is 17.1 Å². The summed E-state index contributed by atoms with van der Waals surface area (Å²) in [4.78, 5) is 0. The minimum absolute atomic E-state index is 0.136. The van der Waals surface area contributed by atoms with Gasteiger partial charge in [-0.2, -0.15) is 0 Å². The molecule has 0 saturated carbocycles. The van der Waals surface area contributed by atoms with Crippen LogP contribution in [-0.2, 0) is 11.8 Å². The minimum atomic E-state index is -1.14. The van der Waals surface area contributed by atoms with Crippen LogP contribution < -0.4 is 9.47 Å². The highest BCUT2D eigenvalue weighted by molar-refractivity contribution is 8.04. The quantitative estimate of drug-likeness (QED) is 0.157. The second-order valence-corrected chi connectivity index (χ2v) is 12.2. The number of hydrogen-bond donors (Lipinski definition) is 1. The number of aliphatic hydroxyl groups excluding tert-OH is 1. The monoisotopic (exact) mass is 517 g/mol. The SMILES string of the molecule is CCCC(C)(CC)Oc1ccc(C=NN(C)[P+](=S)C(CC)(CC)Oc2ccc(C(C)O)cc2)cc1. The van der Waals surface area contributed by atoms with Gasteiger partial charge in [-0.3, -0.25) is 0 Å². The van der Waals surface area contributed by atoms with Crippen molar-refractivity contribution in [2.45, 2.75) is 90.7 Å². The molecule has 3 unspecified atom stereocenters. The number of rotatable bonds is 14. The Morgan fingerprint density at radius 2 is 1.51 bits per heavy atom. The van der Waals surface area contributed by atoms with Crippen LogP contribution in [0.25, 0.3) is 0 Å². The highest BCUT2D eigenvalue weighted by Gasteiger charge is 2.48. The van der Waals surface area contributed by atoms with E-state index in [1.165, 1.54) is 0 Å². The van der Waals surface area contributed by atoms with E-state index in [1.807, 2.05) is 66.6 Å². The van der Waals surface area contributed by atoms with Gasteiger partial charge in [-0.15, -0.1) is 9.88 Å². The summed E-state index contributed by atoms with van der Waals surface area (Å²) in [5.41, 5.74) is 1.71. The van der Waals surface area contributed by atoms with Crippen LogP contribution in [0.3, 0.4) is 0 Å². The Hall–Kier alpha value is -2.01. The molecule has 2 rings (SSSR count). The lowest BCUT2D eigenvalue weighted by molar-refractivity contribution is 0.0741. The molecule has 192 valence electrons. The van der Waals surface area contributed by atoms with E-state index < -0.39 is 18.3 Å². The first-order valence-corrected chi connectivity index (χ1v) is 14.9. The van der Waals surface area contributed by atoms with Gasteiger partial charge in [0.25, 0.3) is 5.34 Å². The summed E-state index contributed by atoms with van der Waals surface area (Å²) in [6.45, 7) is 11.3. The van der Waals surface area contributed by atoms with E-state index in [4.69, 9.17) is 21.3 Å². The van der Waals surface area contributed by atoms with Crippen molar-refractivity contribution >= 4 is 24.9 Å². The van der Waals surface area contributed by atoms with Crippen molar-refractivity contribution in [1.29, 1.82) is 0 Å². The van der Waals surface area contributed by atoms with Gasteiger partial charge in [0.2, 0.25) is 0 Å². The average molecular weight is 518 g/mol. The molecule has 0 fully saturated rings. The Morgan fingerprint density at radius 3 is 2.00 bits per heavy atom. The zero-order chi connectivity index (χ0) is 26.1. The molecule has 1 N–H and O–H groups in total. The fraction of sp³-hybridized carbons (Fsp3) is 0.536. The van der Waals surface area contributed by atoms with Gasteiger partial charge in [-0.1, -0.05) is 46.2 Å². The topological polar surface area (TPSA) is 54.3 Å². The molecule has 0 aromatic heterocycles. The Labute approximate surface area is 218 Å². The summed E-state index contributed by atoms with van der Waals surface area (Å²) in [7, 11) is 1.92. The van der Waals surface area contributed by atoms with E-state index >= 15 is 0 Å². The predicted octanol–water partition coefficient (Wildman–Crippen LogP) is 7.81. The molecule has 0 aliphatic rings. The van der Waals surface area contributed by atoms with Crippen LogP contribution in [0.1, 0.15) is 90.9 Å². The molecular formula is C28H42N2O3PS+. The lowest BCUT2D eigenvalue weighted by atomic mass is 9.97. The van der Waals surface area contributed by atoms with Gasteiger partial charge in [0.15, 0.2) is 11.8 Å². The molecular weight excluding hydrogens is 475 g/mol. The van der Waals surface area contributed by atoms with Gasteiger partial charge in [-0.05, 0) is 74.2 Å². The second-order valence-electron chi connectivity index (χ2n) is 9.23. The van der Waals surface area contributed by atoms with Gasteiger partial charge in [0, 0.05) is 12.8 Å². The standard InChI is InChI=1S/C28H42N2O3PS/c1-8-20-27(6,9-2)32-25-16-12-23(13-17-25)21-29-30(7)34(35)28(10-3,11-4)33-26-18-14-24(15-19-26)22(5)31/h12-19,21-22,31H,8-11,20H2,1-7H3/q+1. The van der Waals surface area contributed by atoms with Crippen molar-refractivity contribution in [3.05, 3.63) is 59.7 Å². The smallest absolute Gasteiger partial charge is 0.358 e. The Bertz CT molecular complexity index is 959. The Kier molecular flexibility index (Phi) is 11.1. The van der Waals surface area contributed by atoms with Crippen molar-refractivity contribution in [1.82, 2.24) is 4.78 Å². The molecule has 0 aliphatic heterocycles. The molecule has 7 heteroatoms. The molecule has 0 heterocycles. The van der Waals surface area contributed by atoms with Crippen LogP contribution in [0.5, 0.6) is 11.5 Å². The van der Waals surface area contributed by atoms with Gasteiger partial charge >= 0.3 is 6.85 Å². The van der Waals surface area contributed by atoms with Crippen LogP contribution in [0.4, 0.5) is 0 Å². The van der Waals surface area contributed by atoms with Gasteiger partial charge < -0.3 is 14.6 Å². The minimum Gasteiger partial charge on any atom is -0.488 e. The summed E-state index contributed by atoms with van der Waals surface area (Å²) in [6, 6.07) is 15.6. The average Bonchev–Trinajstić information content (AvgIpc) is 2.86. The molecule has 0 bridgehead atoms. The fourth-order valence-electron chi connectivity index (χ4n) is 3.93. The highest BCUT2D eigenvalue weighted by Crippen LogP contribution is 2.48. The first-order valence-electron chi connectivity index (χ1n) is 12.6. The number of hydrazone groups is 1. The van der Waals surface area contributed by atoms with E-state index in [1.54, 1.807) is 6.92 Å². The molecule has 5 nitrogen and oxygen atoms in total. The molecule has 2 aromatic carbocycles. The molecule has 2 aromatic rings. The summed E-state index contributed by atoms with van der Waals surface area (Å²) in [5.74, 6) is 1.63. The third-order valence-electron chi connectivity index (χ3n) is 6.53. The summed E-state index contributed by atoms with van der Waals surface area (Å²) < 4.78 is 14.6. The van der Waals surface area contributed by atoms with E-state index in [0.717, 1.165) is 54.7 Å². The number of nitrogens with zero attached hydrogens (tertiary/aromatic N) is 2. The van der Waals surface area contributed by atoms with E-state index in [0.29, 0.717) is 0 Å². The molecule has 3 atom stereocenters. The van der Waals surface area contributed by atoms with Crippen molar-refractivity contribution in [3.8, 4) is 11.5 Å². The molecule has 0 aliphatic carbocycles. The van der Waals surface area contributed by atoms with Gasteiger partial charge in [-0.25, -0.2) is 0 Å². The molecule has 0 saturated heterocycles. The molecule has 0 amide bonds. The number of ether oxygens (including phenoxy) is 2. The van der Waals surface area contributed by atoms with Crippen LogP contribution in [0.15, 0.2) is 53.6 Å². The first kappa shape index (κ1) is 29.2. The van der Waals surface area contributed by atoms with E-state index in [9.17, 15) is 5.11 Å². The maximum absolute atomic E-state index is 9.77. The second kappa shape index (κ2) is 13.3. The zero-order valence-electron chi connectivity index (χ0n) is 22.3. The number of hydrogen-bond acceptors (Lipinski definition) is 5. The number of aliphatic hydroxyl groups is 1. The third-order valence-corrected chi connectivity index (χ3v) is 10.3. The zero-order valence-corrected chi connectivity index (χ0v) is 24.0. The van der Waals surface area contributed by atoms with Crippen LogP contribution in [0.2, 0.25) is 0 Å². The summed E-state index contributed by atoms with van der Waals surface area (Å²) in [6.07, 6.45) is 5.98. The predicted molar refractivity (Wildman–Crippen MR) is 151 cm³/mol. The maximum Gasteiger partial charge on any atom is 0.358 e. The molecule has 0 radical (unpaired) electrons. The van der Waals surface area contributed by atoms with Crippen LogP contribution in [0, 0.1) is 0 Å². The van der Waals surface area contributed by atoms with Crippen molar-refractivity contribution < 1.29 is 14.6 Å². The van der Waals surface area contributed by atoms with E-state index in [-0.39, 0.29) is 5.60 Å². The molecule has 0 spiro atoms. The Morgan fingerprint density at radius 1 is 0.971 bits per heavy atom. The summed E-state index contributed by atoms with van der Waals surface area (Å²) in [5, 5.41) is 13.9. The molecule has 35 heavy (non-hydrogen) atoms. The first-order chi connectivity index (χ1) is 16.6.